The largest absolute Gasteiger partial charge is 0.497 e. The zero-order chi connectivity index (χ0) is 26.8. The lowest BCUT2D eigenvalue weighted by molar-refractivity contribution is 0.103. The maximum absolute atomic E-state index is 12.9. The molecule has 7 heteroatoms. The predicted octanol–water partition coefficient (Wildman–Crippen LogP) is 6.60. The Morgan fingerprint density at radius 2 is 1.19 bits per heavy atom. The predicted molar refractivity (Wildman–Crippen MR) is 143 cm³/mol. The Morgan fingerprint density at radius 1 is 0.730 bits per heavy atom. The Labute approximate surface area is 217 Å². The Balaban J connectivity index is 1.47. The van der Waals surface area contributed by atoms with Gasteiger partial charge in [-0.3, -0.25) is 9.35 Å². The van der Waals surface area contributed by atoms with E-state index in [1.165, 1.54) is 23.8 Å². The van der Waals surface area contributed by atoms with Crippen LogP contribution in [0, 0.1) is 6.92 Å². The van der Waals surface area contributed by atoms with E-state index in [1.807, 2.05) is 36.4 Å². The van der Waals surface area contributed by atoms with Crippen molar-refractivity contribution < 1.29 is 27.2 Å². The van der Waals surface area contributed by atoms with Gasteiger partial charge >= 0.3 is 0 Å². The van der Waals surface area contributed by atoms with Crippen LogP contribution in [0.5, 0.6) is 17.2 Å². The van der Waals surface area contributed by atoms with E-state index >= 15 is 0 Å². The van der Waals surface area contributed by atoms with E-state index in [4.69, 9.17) is 9.47 Å². The van der Waals surface area contributed by atoms with Gasteiger partial charge in [-0.2, -0.15) is 8.42 Å². The summed E-state index contributed by atoms with van der Waals surface area (Å²) in [5.74, 6) is 1.67. The van der Waals surface area contributed by atoms with Crippen LogP contribution in [-0.2, 0) is 15.5 Å². The first kappa shape index (κ1) is 26.1. The van der Waals surface area contributed by atoms with E-state index in [9.17, 15) is 17.8 Å². The molecule has 0 aliphatic heterocycles. The van der Waals surface area contributed by atoms with Crippen LogP contribution in [0.1, 0.15) is 46.5 Å². The van der Waals surface area contributed by atoms with Gasteiger partial charge in [0.05, 0.1) is 12.0 Å². The zero-order valence-corrected chi connectivity index (χ0v) is 21.9. The van der Waals surface area contributed by atoms with Gasteiger partial charge in [0.2, 0.25) is 0 Å². The van der Waals surface area contributed by atoms with Crippen LogP contribution in [-0.4, -0.2) is 25.9 Å². The van der Waals surface area contributed by atoms with E-state index < -0.39 is 10.1 Å². The average molecular weight is 517 g/mol. The van der Waals surface area contributed by atoms with Crippen molar-refractivity contribution >= 4 is 15.9 Å². The van der Waals surface area contributed by atoms with Crippen molar-refractivity contribution in [2.45, 2.75) is 31.1 Å². The standard InChI is InChI=1S/C30H28O6S/c1-20-5-6-22(19-28(20)37(32,33)34)29(31)21-7-13-26(14-8-21)36-27-17-11-24(12-18-27)30(2,3)23-9-15-25(35-4)16-10-23/h5-19H,1-4H3,(H,32,33,34). The highest BCUT2D eigenvalue weighted by Gasteiger charge is 2.23. The molecule has 0 aromatic heterocycles. The van der Waals surface area contributed by atoms with Crippen molar-refractivity contribution in [3.8, 4) is 17.2 Å². The summed E-state index contributed by atoms with van der Waals surface area (Å²) in [6.07, 6.45) is 0. The fraction of sp³-hybridized carbons (Fsp3) is 0.167. The van der Waals surface area contributed by atoms with Crippen LogP contribution in [0.3, 0.4) is 0 Å². The van der Waals surface area contributed by atoms with Crippen LogP contribution in [0.25, 0.3) is 0 Å². The number of benzene rings is 4. The highest BCUT2D eigenvalue weighted by Crippen LogP contribution is 2.34. The van der Waals surface area contributed by atoms with Crippen LogP contribution in [0.2, 0.25) is 0 Å². The molecule has 0 amide bonds. The lowest BCUT2D eigenvalue weighted by Gasteiger charge is -2.26. The second-order valence-corrected chi connectivity index (χ2v) is 10.7. The lowest BCUT2D eigenvalue weighted by atomic mass is 9.78. The van der Waals surface area contributed by atoms with Crippen molar-refractivity contribution in [2.75, 3.05) is 7.11 Å². The van der Waals surface area contributed by atoms with Gasteiger partial charge in [0.15, 0.2) is 5.78 Å². The molecule has 0 aliphatic rings. The lowest BCUT2D eigenvalue weighted by Crippen LogP contribution is -2.18. The summed E-state index contributed by atoms with van der Waals surface area (Å²) < 4.78 is 43.8. The van der Waals surface area contributed by atoms with E-state index in [-0.39, 0.29) is 21.7 Å². The summed E-state index contributed by atoms with van der Waals surface area (Å²) in [5.41, 5.74) is 2.99. The van der Waals surface area contributed by atoms with Crippen LogP contribution < -0.4 is 9.47 Å². The molecular weight excluding hydrogens is 488 g/mol. The van der Waals surface area contributed by atoms with E-state index in [2.05, 4.69) is 26.0 Å². The molecule has 4 rings (SSSR count). The molecule has 0 fully saturated rings. The van der Waals surface area contributed by atoms with Crippen LogP contribution in [0.4, 0.5) is 0 Å². The van der Waals surface area contributed by atoms with Crippen LogP contribution in [0.15, 0.2) is 95.9 Å². The molecule has 1 N–H and O–H groups in total. The van der Waals surface area contributed by atoms with Crippen molar-refractivity contribution in [1.29, 1.82) is 0 Å². The van der Waals surface area contributed by atoms with E-state index in [0.29, 0.717) is 22.6 Å². The summed E-state index contributed by atoms with van der Waals surface area (Å²) >= 11 is 0. The number of ether oxygens (including phenoxy) is 2. The molecule has 0 saturated carbocycles. The number of hydrogen-bond donors (Lipinski definition) is 1. The third-order valence-corrected chi connectivity index (χ3v) is 7.46. The van der Waals surface area contributed by atoms with Gasteiger partial charge in [-0.25, -0.2) is 0 Å². The van der Waals surface area contributed by atoms with Gasteiger partial charge in [-0.15, -0.1) is 0 Å². The molecule has 0 saturated heterocycles. The first-order valence-corrected chi connectivity index (χ1v) is 13.1. The zero-order valence-electron chi connectivity index (χ0n) is 21.1. The maximum atomic E-state index is 12.9. The molecule has 0 spiro atoms. The minimum absolute atomic E-state index is 0.168. The Hall–Kier alpha value is -3.94. The second-order valence-electron chi connectivity index (χ2n) is 9.29. The molecule has 0 bridgehead atoms. The first-order valence-electron chi connectivity index (χ1n) is 11.6. The highest BCUT2D eigenvalue weighted by molar-refractivity contribution is 7.85. The SMILES string of the molecule is COc1ccc(C(C)(C)c2ccc(Oc3ccc(C(=O)c4ccc(C)c(S(=O)(=O)O)c4)cc3)cc2)cc1. The van der Waals surface area contributed by atoms with Gasteiger partial charge in [0.25, 0.3) is 10.1 Å². The first-order chi connectivity index (χ1) is 17.5. The summed E-state index contributed by atoms with van der Waals surface area (Å²) in [5, 5.41) is 0. The molecule has 0 atom stereocenters. The average Bonchev–Trinajstić information content (AvgIpc) is 2.89. The van der Waals surface area contributed by atoms with E-state index in [0.717, 1.165) is 11.3 Å². The van der Waals surface area contributed by atoms with Gasteiger partial charge in [-0.1, -0.05) is 50.2 Å². The molecule has 6 nitrogen and oxygen atoms in total. The number of rotatable bonds is 8. The number of hydrogen-bond acceptors (Lipinski definition) is 5. The summed E-state index contributed by atoms with van der Waals surface area (Å²) in [6.45, 7) is 5.87. The van der Waals surface area contributed by atoms with Crippen molar-refractivity contribution in [3.63, 3.8) is 0 Å². The van der Waals surface area contributed by atoms with Gasteiger partial charge in [0.1, 0.15) is 17.2 Å². The second kappa shape index (κ2) is 10.2. The highest BCUT2D eigenvalue weighted by atomic mass is 32.2. The number of carbonyl (C=O) groups excluding carboxylic acids is 1. The molecule has 190 valence electrons. The summed E-state index contributed by atoms with van der Waals surface area (Å²) in [6, 6.07) is 26.7. The minimum atomic E-state index is -4.42. The Morgan fingerprint density at radius 3 is 1.68 bits per heavy atom. The fourth-order valence-electron chi connectivity index (χ4n) is 4.11. The Bertz CT molecular complexity index is 1520. The monoisotopic (exact) mass is 516 g/mol. The number of ketones is 1. The van der Waals surface area contributed by atoms with Crippen LogP contribution >= 0.6 is 0 Å². The van der Waals surface area contributed by atoms with Gasteiger partial charge in [-0.05, 0) is 78.2 Å². The summed E-state index contributed by atoms with van der Waals surface area (Å²) in [7, 11) is -2.77. The molecule has 0 aliphatic carbocycles. The molecular formula is C30H28O6S. The van der Waals surface area contributed by atoms with Gasteiger partial charge in [0, 0.05) is 16.5 Å². The summed E-state index contributed by atoms with van der Waals surface area (Å²) in [4.78, 5) is 12.6. The molecule has 0 radical (unpaired) electrons. The third kappa shape index (κ3) is 5.74. The van der Waals surface area contributed by atoms with Crippen molar-refractivity contribution in [2.24, 2.45) is 0 Å². The quantitative estimate of drug-likeness (QED) is 0.210. The molecule has 4 aromatic rings. The molecule has 0 unspecified atom stereocenters. The molecule has 37 heavy (non-hydrogen) atoms. The normalized spacial score (nSPS) is 11.7. The topological polar surface area (TPSA) is 89.9 Å². The van der Waals surface area contributed by atoms with Gasteiger partial charge < -0.3 is 9.47 Å². The fourth-order valence-corrected chi connectivity index (χ4v) is 4.86. The number of aryl methyl sites for hydroxylation is 1. The third-order valence-electron chi connectivity index (χ3n) is 6.47. The molecule has 4 aromatic carbocycles. The van der Waals surface area contributed by atoms with Crippen molar-refractivity contribution in [1.82, 2.24) is 0 Å². The Kier molecular flexibility index (Phi) is 7.21. The van der Waals surface area contributed by atoms with Crippen molar-refractivity contribution in [3.05, 3.63) is 119 Å². The number of methoxy groups -OCH3 is 1. The van der Waals surface area contributed by atoms with E-state index in [1.54, 1.807) is 38.3 Å². The maximum Gasteiger partial charge on any atom is 0.294 e. The minimum Gasteiger partial charge on any atom is -0.497 e. The molecule has 0 heterocycles. The smallest absolute Gasteiger partial charge is 0.294 e. The number of carbonyl (C=O) groups is 1.